The largest absolute Gasteiger partial charge is 0.479 e. The van der Waals surface area contributed by atoms with Gasteiger partial charge >= 0.3 is 0 Å². The van der Waals surface area contributed by atoms with E-state index in [1.54, 1.807) is 24.3 Å². The number of nitrogens with zero attached hydrogens (tertiary/aromatic N) is 1. The maximum absolute atomic E-state index is 11.9. The summed E-state index contributed by atoms with van der Waals surface area (Å²) in [6, 6.07) is 9.01. The third-order valence-electron chi connectivity index (χ3n) is 3.26. The lowest BCUT2D eigenvalue weighted by Gasteiger charge is -2.20. The second-order valence-electron chi connectivity index (χ2n) is 4.78. The van der Waals surface area contributed by atoms with Crippen LogP contribution >= 0.6 is 11.8 Å². The highest BCUT2D eigenvalue weighted by Gasteiger charge is 2.17. The van der Waals surface area contributed by atoms with Crippen LogP contribution in [0.3, 0.4) is 0 Å². The summed E-state index contributed by atoms with van der Waals surface area (Å²) in [5.41, 5.74) is 0.768. The lowest BCUT2D eigenvalue weighted by atomic mass is 9.98. The number of benzene rings is 1. The van der Waals surface area contributed by atoms with Gasteiger partial charge in [0.2, 0.25) is 5.91 Å². The van der Waals surface area contributed by atoms with E-state index in [9.17, 15) is 4.79 Å². The van der Waals surface area contributed by atoms with Crippen molar-refractivity contribution in [3.8, 4) is 11.8 Å². The molecule has 2 rings (SSSR count). The first kappa shape index (κ1) is 14.7. The van der Waals surface area contributed by atoms with Crippen LogP contribution in [0.2, 0.25) is 0 Å². The molecule has 0 atom stereocenters. The predicted octanol–water partition coefficient (Wildman–Crippen LogP) is 3.06. The van der Waals surface area contributed by atoms with Gasteiger partial charge in [-0.2, -0.15) is 17.0 Å². The highest BCUT2D eigenvalue weighted by molar-refractivity contribution is 7.99. The van der Waals surface area contributed by atoms with Crippen molar-refractivity contribution >= 4 is 23.4 Å². The summed E-state index contributed by atoms with van der Waals surface area (Å²) in [5.74, 6) is 3.57. The number of anilines is 1. The summed E-state index contributed by atoms with van der Waals surface area (Å²) in [6.45, 7) is 0.0331. The molecule has 0 aromatic heterocycles. The Bertz CT molecular complexity index is 476. The van der Waals surface area contributed by atoms with Crippen molar-refractivity contribution in [2.24, 2.45) is 5.92 Å². The maximum Gasteiger partial charge on any atom is 0.224 e. The van der Waals surface area contributed by atoms with Crippen LogP contribution in [-0.2, 0) is 4.79 Å². The van der Waals surface area contributed by atoms with Crippen LogP contribution in [0.5, 0.6) is 5.75 Å². The second-order valence-corrected chi connectivity index (χ2v) is 6.00. The first-order chi connectivity index (χ1) is 9.78. The van der Waals surface area contributed by atoms with E-state index in [1.807, 2.05) is 17.8 Å². The fourth-order valence-corrected chi connectivity index (χ4v) is 3.38. The van der Waals surface area contributed by atoms with Gasteiger partial charge in [0.25, 0.3) is 0 Å². The Morgan fingerprint density at radius 3 is 2.70 bits per heavy atom. The van der Waals surface area contributed by atoms with Crippen molar-refractivity contribution < 1.29 is 9.53 Å². The summed E-state index contributed by atoms with van der Waals surface area (Å²) < 4.78 is 5.16. The van der Waals surface area contributed by atoms with Gasteiger partial charge in [-0.25, -0.2) is 0 Å². The van der Waals surface area contributed by atoms with Crippen LogP contribution in [-0.4, -0.2) is 24.0 Å². The van der Waals surface area contributed by atoms with Gasteiger partial charge < -0.3 is 10.1 Å². The molecule has 0 radical (unpaired) electrons. The number of nitrogens with one attached hydrogen (secondary N) is 1. The Kier molecular flexibility index (Phi) is 5.75. The van der Waals surface area contributed by atoms with E-state index in [4.69, 9.17) is 10.00 Å². The SMILES string of the molecule is N#CCOc1ccc(NC(=O)CC2CCSCC2)cc1. The first-order valence-corrected chi connectivity index (χ1v) is 7.91. The molecule has 0 saturated carbocycles. The Labute approximate surface area is 123 Å². The second kappa shape index (κ2) is 7.81. The van der Waals surface area contributed by atoms with Gasteiger partial charge in [-0.3, -0.25) is 4.79 Å². The molecular formula is C15H18N2O2S. The molecule has 1 saturated heterocycles. The van der Waals surface area contributed by atoms with Crippen molar-refractivity contribution in [3.05, 3.63) is 24.3 Å². The number of hydrogen-bond donors (Lipinski definition) is 1. The molecule has 1 aromatic carbocycles. The molecule has 106 valence electrons. The van der Waals surface area contributed by atoms with Crippen LogP contribution in [0.1, 0.15) is 19.3 Å². The predicted molar refractivity (Wildman–Crippen MR) is 80.8 cm³/mol. The van der Waals surface area contributed by atoms with Gasteiger partial charge in [0.05, 0.1) is 0 Å². The molecule has 0 aliphatic carbocycles. The van der Waals surface area contributed by atoms with Gasteiger partial charge in [0.1, 0.15) is 11.8 Å². The van der Waals surface area contributed by atoms with Gasteiger partial charge in [0.15, 0.2) is 6.61 Å². The van der Waals surface area contributed by atoms with Crippen LogP contribution < -0.4 is 10.1 Å². The topological polar surface area (TPSA) is 62.1 Å². The molecule has 1 amide bonds. The van der Waals surface area contributed by atoms with Crippen molar-refractivity contribution in [3.63, 3.8) is 0 Å². The van der Waals surface area contributed by atoms with Crippen molar-refractivity contribution in [2.75, 3.05) is 23.4 Å². The molecule has 0 spiro atoms. The molecule has 0 unspecified atom stereocenters. The smallest absolute Gasteiger partial charge is 0.224 e. The lowest BCUT2D eigenvalue weighted by molar-refractivity contribution is -0.117. The normalized spacial score (nSPS) is 15.3. The Morgan fingerprint density at radius 1 is 1.35 bits per heavy atom. The molecule has 5 heteroatoms. The third kappa shape index (κ3) is 4.78. The molecule has 1 aromatic rings. The summed E-state index contributed by atoms with van der Waals surface area (Å²) in [4.78, 5) is 11.9. The lowest BCUT2D eigenvalue weighted by Crippen LogP contribution is -2.19. The summed E-state index contributed by atoms with van der Waals surface area (Å²) >= 11 is 1.97. The number of amides is 1. The van der Waals surface area contributed by atoms with E-state index >= 15 is 0 Å². The van der Waals surface area contributed by atoms with Crippen LogP contribution in [0, 0.1) is 17.2 Å². The zero-order valence-corrected chi connectivity index (χ0v) is 12.1. The molecule has 1 fully saturated rings. The minimum Gasteiger partial charge on any atom is -0.479 e. The highest BCUT2D eigenvalue weighted by atomic mass is 32.2. The van der Waals surface area contributed by atoms with Gasteiger partial charge in [-0.15, -0.1) is 0 Å². The zero-order valence-electron chi connectivity index (χ0n) is 11.3. The first-order valence-electron chi connectivity index (χ1n) is 6.75. The molecule has 1 heterocycles. The zero-order chi connectivity index (χ0) is 14.2. The highest BCUT2D eigenvalue weighted by Crippen LogP contribution is 2.25. The van der Waals surface area contributed by atoms with E-state index in [0.29, 0.717) is 18.1 Å². The van der Waals surface area contributed by atoms with Gasteiger partial charge in [-0.05, 0) is 54.5 Å². The average Bonchev–Trinajstić information content (AvgIpc) is 2.47. The molecule has 4 nitrogen and oxygen atoms in total. The van der Waals surface area contributed by atoms with E-state index in [-0.39, 0.29) is 12.5 Å². The molecular weight excluding hydrogens is 272 g/mol. The monoisotopic (exact) mass is 290 g/mol. The average molecular weight is 290 g/mol. The van der Waals surface area contributed by atoms with Crippen LogP contribution in [0.25, 0.3) is 0 Å². The summed E-state index contributed by atoms with van der Waals surface area (Å²) in [5, 5.41) is 11.3. The standard InChI is InChI=1S/C15H18N2O2S/c16-7-8-19-14-3-1-13(2-4-14)17-15(18)11-12-5-9-20-10-6-12/h1-4,12H,5-6,8-11H2,(H,17,18). The van der Waals surface area contributed by atoms with Crippen molar-refractivity contribution in [1.82, 2.24) is 0 Å². The van der Waals surface area contributed by atoms with Gasteiger partial charge in [-0.1, -0.05) is 0 Å². The molecule has 1 N–H and O–H groups in total. The Balaban J connectivity index is 1.80. The third-order valence-corrected chi connectivity index (χ3v) is 4.31. The molecule has 20 heavy (non-hydrogen) atoms. The number of rotatable bonds is 5. The fraction of sp³-hybridized carbons (Fsp3) is 0.467. The number of thioether (sulfide) groups is 1. The molecule has 1 aliphatic rings. The van der Waals surface area contributed by atoms with Gasteiger partial charge in [0, 0.05) is 12.1 Å². The van der Waals surface area contributed by atoms with E-state index < -0.39 is 0 Å². The Hall–Kier alpha value is -1.67. The number of carbonyl (C=O) groups is 1. The minimum atomic E-state index is 0.0331. The van der Waals surface area contributed by atoms with Crippen molar-refractivity contribution in [2.45, 2.75) is 19.3 Å². The van der Waals surface area contributed by atoms with E-state index in [0.717, 1.165) is 18.5 Å². The quantitative estimate of drug-likeness (QED) is 0.905. The summed E-state index contributed by atoms with van der Waals surface area (Å²) in [6.07, 6.45) is 2.88. The number of ether oxygens (including phenoxy) is 1. The van der Waals surface area contributed by atoms with Crippen LogP contribution in [0.4, 0.5) is 5.69 Å². The number of hydrogen-bond acceptors (Lipinski definition) is 4. The Morgan fingerprint density at radius 2 is 2.05 bits per heavy atom. The van der Waals surface area contributed by atoms with E-state index in [2.05, 4.69) is 5.32 Å². The maximum atomic E-state index is 11.9. The minimum absolute atomic E-state index is 0.0331. The fourth-order valence-electron chi connectivity index (χ4n) is 2.17. The van der Waals surface area contributed by atoms with E-state index in [1.165, 1.54) is 11.5 Å². The summed E-state index contributed by atoms with van der Waals surface area (Å²) in [7, 11) is 0. The number of nitriles is 1. The molecule has 1 aliphatic heterocycles. The van der Waals surface area contributed by atoms with Crippen molar-refractivity contribution in [1.29, 1.82) is 5.26 Å². The number of carbonyl (C=O) groups excluding carboxylic acids is 1. The van der Waals surface area contributed by atoms with Crippen LogP contribution in [0.15, 0.2) is 24.3 Å². The molecule has 0 bridgehead atoms.